The summed E-state index contributed by atoms with van der Waals surface area (Å²) in [5, 5.41) is 19.7. The van der Waals surface area contributed by atoms with Crippen molar-refractivity contribution >= 4 is 27.4 Å². The molecule has 0 saturated carbocycles. The first-order chi connectivity index (χ1) is 9.75. The Morgan fingerprint density at radius 3 is 2.29 bits per heavy atom. The minimum Gasteiger partial charge on any atom is -0.481 e. The third kappa shape index (κ3) is 5.48. The highest BCUT2D eigenvalue weighted by Crippen LogP contribution is 2.12. The number of carbonyl (C=O) groups is 2. The largest absolute Gasteiger partial charge is 0.481 e. The second-order valence-electron chi connectivity index (χ2n) is 4.22. The highest BCUT2D eigenvalue weighted by Gasteiger charge is 2.31. The number of nitrogens with one attached hydrogen (secondary N) is 1. The Morgan fingerprint density at radius 2 is 1.81 bits per heavy atom. The van der Waals surface area contributed by atoms with Crippen molar-refractivity contribution in [2.24, 2.45) is 5.92 Å². The lowest BCUT2D eigenvalue weighted by molar-refractivity contribution is -0.144. The zero-order chi connectivity index (χ0) is 16.0. The lowest BCUT2D eigenvalue weighted by Gasteiger charge is -2.13. The van der Waals surface area contributed by atoms with Crippen molar-refractivity contribution in [2.45, 2.75) is 0 Å². The Bertz CT molecular complexity index is 613. The number of aliphatic hydroxyl groups is 1. The molecule has 9 heteroatoms. The average molecular weight is 319 g/mol. The fraction of sp³-hybridized carbons (Fsp3) is 0.333. The molecule has 1 rings (SSSR count). The van der Waals surface area contributed by atoms with Gasteiger partial charge in [-0.1, -0.05) is 0 Å². The van der Waals surface area contributed by atoms with Crippen LogP contribution >= 0.6 is 0 Å². The van der Waals surface area contributed by atoms with Crippen molar-refractivity contribution in [2.75, 3.05) is 23.4 Å². The number of benzene rings is 1. The van der Waals surface area contributed by atoms with Gasteiger partial charge in [0.05, 0.1) is 18.1 Å². The van der Waals surface area contributed by atoms with Gasteiger partial charge in [0.25, 0.3) is 0 Å². The number of rotatable bonds is 7. The molecule has 0 saturated heterocycles. The molecular formula is C12H14FNO6S. The van der Waals surface area contributed by atoms with Crippen LogP contribution < -0.4 is 5.32 Å². The van der Waals surface area contributed by atoms with Gasteiger partial charge in [-0.15, -0.1) is 0 Å². The fourth-order valence-corrected chi connectivity index (χ4v) is 2.74. The minimum absolute atomic E-state index is 0.146. The van der Waals surface area contributed by atoms with E-state index in [0.29, 0.717) is 0 Å². The second-order valence-corrected chi connectivity index (χ2v) is 6.45. The Balaban J connectivity index is 2.83. The molecule has 0 radical (unpaired) electrons. The molecule has 116 valence electrons. The Morgan fingerprint density at radius 1 is 1.24 bits per heavy atom. The quantitative estimate of drug-likeness (QED) is 0.602. The highest BCUT2D eigenvalue weighted by atomic mass is 32.2. The molecular weight excluding hydrogens is 305 g/mol. The van der Waals surface area contributed by atoms with E-state index in [1.807, 2.05) is 0 Å². The number of aliphatic carboxylic acids is 1. The lowest BCUT2D eigenvalue weighted by Crippen LogP contribution is -2.36. The maximum Gasteiger partial charge on any atom is 0.317 e. The number of sulfone groups is 1. The standard InChI is InChI=1S/C12H14FNO6S/c13-8-1-3-9(4-2-8)14-11(16)10(12(17)18)7-21(19,20)6-5-15/h1-4,10,15H,5-7H2,(H,14,16)(H,17,18)/t10-/m1/s1. The third-order valence-electron chi connectivity index (χ3n) is 2.55. The van der Waals surface area contributed by atoms with Gasteiger partial charge in [0.2, 0.25) is 5.91 Å². The molecule has 0 spiro atoms. The van der Waals surface area contributed by atoms with Crippen LogP contribution in [0.2, 0.25) is 0 Å². The topological polar surface area (TPSA) is 121 Å². The van der Waals surface area contributed by atoms with Crippen LogP contribution in [-0.2, 0) is 19.4 Å². The molecule has 0 heterocycles. The van der Waals surface area contributed by atoms with E-state index in [-0.39, 0.29) is 5.69 Å². The molecule has 0 aliphatic carbocycles. The summed E-state index contributed by atoms with van der Waals surface area (Å²) in [6.07, 6.45) is 0. The first kappa shape index (κ1) is 17.1. The zero-order valence-electron chi connectivity index (χ0n) is 10.8. The monoisotopic (exact) mass is 319 g/mol. The van der Waals surface area contributed by atoms with Crippen LogP contribution in [0.3, 0.4) is 0 Å². The van der Waals surface area contributed by atoms with Crippen LogP contribution in [0.4, 0.5) is 10.1 Å². The van der Waals surface area contributed by atoms with E-state index in [2.05, 4.69) is 5.32 Å². The van der Waals surface area contributed by atoms with Gasteiger partial charge in [0.1, 0.15) is 11.7 Å². The first-order valence-corrected chi connectivity index (χ1v) is 7.68. The fourth-order valence-electron chi connectivity index (χ4n) is 1.50. The van der Waals surface area contributed by atoms with Crippen LogP contribution in [0.5, 0.6) is 0 Å². The smallest absolute Gasteiger partial charge is 0.317 e. The number of carbonyl (C=O) groups excluding carboxylic acids is 1. The number of carboxylic acid groups (broad SMARTS) is 1. The molecule has 1 aromatic carbocycles. The molecule has 1 aromatic rings. The molecule has 1 amide bonds. The second kappa shape index (κ2) is 7.14. The van der Waals surface area contributed by atoms with Crippen molar-refractivity contribution in [1.29, 1.82) is 0 Å². The summed E-state index contributed by atoms with van der Waals surface area (Å²) in [5.41, 5.74) is 0.146. The predicted octanol–water partition coefficient (Wildman–Crippen LogP) is -0.128. The summed E-state index contributed by atoms with van der Waals surface area (Å²) in [5.74, 6) is -6.53. The van der Waals surface area contributed by atoms with E-state index in [0.717, 1.165) is 12.1 Å². The van der Waals surface area contributed by atoms with Crippen molar-refractivity contribution < 1.29 is 32.6 Å². The van der Waals surface area contributed by atoms with Gasteiger partial charge < -0.3 is 15.5 Å². The summed E-state index contributed by atoms with van der Waals surface area (Å²) in [6, 6.07) is 4.56. The lowest BCUT2D eigenvalue weighted by atomic mass is 10.1. The number of halogens is 1. The van der Waals surface area contributed by atoms with E-state index in [9.17, 15) is 22.4 Å². The van der Waals surface area contributed by atoms with E-state index < -0.39 is 51.6 Å². The number of anilines is 1. The Kier molecular flexibility index (Phi) is 5.79. The Labute approximate surface area is 120 Å². The number of aliphatic hydroxyl groups excluding tert-OH is 1. The van der Waals surface area contributed by atoms with Gasteiger partial charge in [0.15, 0.2) is 9.84 Å². The molecule has 0 aliphatic rings. The number of hydrogen-bond acceptors (Lipinski definition) is 5. The van der Waals surface area contributed by atoms with Gasteiger partial charge in [-0.25, -0.2) is 12.8 Å². The summed E-state index contributed by atoms with van der Waals surface area (Å²) < 4.78 is 35.7. The van der Waals surface area contributed by atoms with Gasteiger partial charge >= 0.3 is 5.97 Å². The molecule has 0 aromatic heterocycles. The average Bonchev–Trinajstić information content (AvgIpc) is 2.38. The zero-order valence-corrected chi connectivity index (χ0v) is 11.6. The van der Waals surface area contributed by atoms with E-state index in [1.54, 1.807) is 0 Å². The maximum atomic E-state index is 12.7. The molecule has 0 bridgehead atoms. The number of carboxylic acids is 1. The van der Waals surface area contributed by atoms with Crippen LogP contribution in [0.15, 0.2) is 24.3 Å². The summed E-state index contributed by atoms with van der Waals surface area (Å²) in [7, 11) is -3.87. The molecule has 0 aliphatic heterocycles. The SMILES string of the molecule is O=C(O)[C@H](CS(=O)(=O)CCO)C(=O)Nc1ccc(F)cc1. The predicted molar refractivity (Wildman–Crippen MR) is 71.9 cm³/mol. The molecule has 0 fully saturated rings. The molecule has 3 N–H and O–H groups in total. The van der Waals surface area contributed by atoms with Crippen LogP contribution in [0.1, 0.15) is 0 Å². The van der Waals surface area contributed by atoms with Gasteiger partial charge in [-0.05, 0) is 24.3 Å². The minimum atomic E-state index is -3.87. The summed E-state index contributed by atoms with van der Waals surface area (Å²) >= 11 is 0. The van der Waals surface area contributed by atoms with Crippen LogP contribution in [0, 0.1) is 11.7 Å². The molecule has 0 unspecified atom stereocenters. The van der Waals surface area contributed by atoms with Crippen molar-refractivity contribution in [3.8, 4) is 0 Å². The van der Waals surface area contributed by atoms with Gasteiger partial charge in [-0.2, -0.15) is 0 Å². The van der Waals surface area contributed by atoms with Gasteiger partial charge in [-0.3, -0.25) is 9.59 Å². The highest BCUT2D eigenvalue weighted by molar-refractivity contribution is 7.91. The number of amides is 1. The molecule has 1 atom stereocenters. The number of hydrogen-bond donors (Lipinski definition) is 3. The van der Waals surface area contributed by atoms with Crippen LogP contribution in [0.25, 0.3) is 0 Å². The third-order valence-corrected chi connectivity index (χ3v) is 4.20. The summed E-state index contributed by atoms with van der Waals surface area (Å²) in [6.45, 7) is -0.658. The van der Waals surface area contributed by atoms with Crippen molar-refractivity contribution in [1.82, 2.24) is 0 Å². The van der Waals surface area contributed by atoms with E-state index in [1.165, 1.54) is 12.1 Å². The normalized spacial score (nSPS) is 12.7. The maximum absolute atomic E-state index is 12.7. The van der Waals surface area contributed by atoms with E-state index >= 15 is 0 Å². The Hall–Kier alpha value is -2.00. The molecule has 7 nitrogen and oxygen atoms in total. The van der Waals surface area contributed by atoms with Crippen LogP contribution in [-0.4, -0.2) is 48.6 Å². The van der Waals surface area contributed by atoms with Gasteiger partial charge in [0, 0.05) is 5.69 Å². The molecule has 21 heavy (non-hydrogen) atoms. The van der Waals surface area contributed by atoms with Crippen molar-refractivity contribution in [3.05, 3.63) is 30.1 Å². The van der Waals surface area contributed by atoms with E-state index in [4.69, 9.17) is 10.2 Å². The first-order valence-electron chi connectivity index (χ1n) is 5.85. The van der Waals surface area contributed by atoms with Crippen molar-refractivity contribution in [3.63, 3.8) is 0 Å². The summed E-state index contributed by atoms with van der Waals surface area (Å²) in [4.78, 5) is 22.8.